The van der Waals surface area contributed by atoms with Gasteiger partial charge in [-0.2, -0.15) is 4.40 Å². The Morgan fingerprint density at radius 1 is 1.32 bits per heavy atom. The van der Waals surface area contributed by atoms with Gasteiger partial charge < -0.3 is 20.7 Å². The van der Waals surface area contributed by atoms with Crippen LogP contribution in [0.2, 0.25) is 0 Å². The van der Waals surface area contributed by atoms with Crippen LogP contribution in [0.3, 0.4) is 0 Å². The highest BCUT2D eigenvalue weighted by molar-refractivity contribution is 7.85. The summed E-state index contributed by atoms with van der Waals surface area (Å²) in [4.78, 5) is 19.1. The number of nitrogens with zero attached hydrogens (tertiary/aromatic N) is 3. The number of carbonyl (C=O) groups excluding carboxylic acids is 1. The van der Waals surface area contributed by atoms with Crippen LogP contribution in [0.5, 0.6) is 5.75 Å². The Labute approximate surface area is 183 Å². The Morgan fingerprint density at radius 3 is 2.84 bits per heavy atom. The molecule has 164 valence electrons. The van der Waals surface area contributed by atoms with Crippen LogP contribution in [-0.4, -0.2) is 47.2 Å². The van der Waals surface area contributed by atoms with Crippen molar-refractivity contribution in [1.29, 1.82) is 0 Å². The molecule has 4 rings (SSSR count). The van der Waals surface area contributed by atoms with Crippen molar-refractivity contribution in [2.75, 3.05) is 30.3 Å². The van der Waals surface area contributed by atoms with E-state index in [1.165, 1.54) is 0 Å². The van der Waals surface area contributed by atoms with Crippen molar-refractivity contribution in [1.82, 2.24) is 10.3 Å². The molecule has 0 bridgehead atoms. The number of carbonyl (C=O) groups is 1. The number of aromatic nitrogens is 1. The Bertz CT molecular complexity index is 1050. The van der Waals surface area contributed by atoms with E-state index in [4.69, 9.17) is 10.5 Å². The number of pyridine rings is 1. The Hall–Kier alpha value is -3.14. The molecule has 2 aromatic rings. The lowest BCUT2D eigenvalue weighted by Gasteiger charge is -2.31. The van der Waals surface area contributed by atoms with E-state index in [9.17, 15) is 9.00 Å². The molecule has 10 heteroatoms. The van der Waals surface area contributed by atoms with Crippen LogP contribution >= 0.6 is 0 Å². The highest BCUT2D eigenvalue weighted by Crippen LogP contribution is 2.34. The average molecular weight is 443 g/mol. The zero-order valence-corrected chi connectivity index (χ0v) is 18.4. The van der Waals surface area contributed by atoms with E-state index in [2.05, 4.69) is 19.4 Å². The summed E-state index contributed by atoms with van der Waals surface area (Å²) in [7, 11) is 3.77. The molecule has 1 unspecified atom stereocenters. The normalized spacial score (nSPS) is 19.0. The van der Waals surface area contributed by atoms with E-state index in [-0.39, 0.29) is 11.7 Å². The predicted molar refractivity (Wildman–Crippen MR) is 122 cm³/mol. The first-order valence-corrected chi connectivity index (χ1v) is 11.2. The van der Waals surface area contributed by atoms with Gasteiger partial charge in [-0.3, -0.25) is 9.52 Å². The molecule has 1 fully saturated rings. The van der Waals surface area contributed by atoms with Crippen molar-refractivity contribution >= 4 is 34.4 Å². The third kappa shape index (κ3) is 4.48. The molecule has 2 heterocycles. The van der Waals surface area contributed by atoms with Crippen molar-refractivity contribution in [3.63, 3.8) is 0 Å². The smallest absolute Gasteiger partial charge is 0.252 e. The minimum atomic E-state index is -1.60. The third-order valence-electron chi connectivity index (χ3n) is 5.57. The summed E-state index contributed by atoms with van der Waals surface area (Å²) in [6.07, 6.45) is 5.31. The van der Waals surface area contributed by atoms with Crippen molar-refractivity contribution in [3.05, 3.63) is 47.7 Å². The number of ether oxygens (including phenoxy) is 1. The summed E-state index contributed by atoms with van der Waals surface area (Å²) in [5.41, 5.74) is 7.29. The first-order valence-electron chi connectivity index (χ1n) is 10.1. The number of amides is 1. The van der Waals surface area contributed by atoms with Crippen LogP contribution < -0.4 is 25.4 Å². The Kier molecular flexibility index (Phi) is 5.81. The fraction of sp³-hybridized carbons (Fsp3) is 0.381. The second kappa shape index (κ2) is 8.54. The van der Waals surface area contributed by atoms with Gasteiger partial charge in [-0.15, -0.1) is 0 Å². The number of anilines is 2. The maximum Gasteiger partial charge on any atom is 0.252 e. The SMILES string of the molecule is CN(C)c1cc(C(=O)NC2(COc3cccc4c3C(N)=NS(=O)N4)CCCC2)ccn1. The van der Waals surface area contributed by atoms with Crippen LogP contribution in [0.1, 0.15) is 41.6 Å². The second-order valence-corrected chi connectivity index (χ2v) is 8.92. The van der Waals surface area contributed by atoms with Gasteiger partial charge in [0.05, 0.1) is 16.8 Å². The summed E-state index contributed by atoms with van der Waals surface area (Å²) < 4.78 is 24.6. The quantitative estimate of drug-likeness (QED) is 0.629. The number of hydrogen-bond donors (Lipinski definition) is 3. The number of benzene rings is 1. The highest BCUT2D eigenvalue weighted by atomic mass is 32.2. The molecular formula is C21H26N6O3S. The third-order valence-corrected chi connectivity index (χ3v) is 6.33. The van der Waals surface area contributed by atoms with Gasteiger partial charge >= 0.3 is 0 Å². The highest BCUT2D eigenvalue weighted by Gasteiger charge is 2.37. The summed E-state index contributed by atoms with van der Waals surface area (Å²) >= 11 is -1.60. The molecular weight excluding hydrogens is 416 g/mol. The first kappa shape index (κ1) is 21.1. The largest absolute Gasteiger partial charge is 0.490 e. The monoisotopic (exact) mass is 442 g/mol. The van der Waals surface area contributed by atoms with Crippen molar-refractivity contribution < 1.29 is 13.7 Å². The Balaban J connectivity index is 1.53. The zero-order valence-electron chi connectivity index (χ0n) is 17.6. The molecule has 9 nitrogen and oxygen atoms in total. The number of rotatable bonds is 6. The zero-order chi connectivity index (χ0) is 22.0. The molecule has 1 aliphatic carbocycles. The van der Waals surface area contributed by atoms with Crippen molar-refractivity contribution in [2.45, 2.75) is 31.2 Å². The molecule has 1 aliphatic heterocycles. The minimum absolute atomic E-state index is 0.149. The molecule has 31 heavy (non-hydrogen) atoms. The second-order valence-electron chi connectivity index (χ2n) is 8.03. The van der Waals surface area contributed by atoms with E-state index in [1.807, 2.05) is 19.0 Å². The summed E-state index contributed by atoms with van der Waals surface area (Å²) in [6.45, 7) is 0.303. The van der Waals surface area contributed by atoms with Gasteiger partial charge in [-0.1, -0.05) is 18.9 Å². The topological polar surface area (TPSA) is 122 Å². The van der Waals surface area contributed by atoms with Gasteiger partial charge in [0.15, 0.2) is 0 Å². The molecule has 4 N–H and O–H groups in total. The summed E-state index contributed by atoms with van der Waals surface area (Å²) in [5.74, 6) is 1.28. The van der Waals surface area contributed by atoms with Gasteiger partial charge in [0.1, 0.15) is 24.0 Å². The molecule has 2 aliphatic rings. The number of nitrogens with two attached hydrogens (primary N) is 1. The Morgan fingerprint density at radius 2 is 2.10 bits per heavy atom. The van der Waals surface area contributed by atoms with Gasteiger partial charge in [0.2, 0.25) is 11.2 Å². The number of hydrogen-bond acceptors (Lipinski definition) is 6. The van der Waals surface area contributed by atoms with Crippen LogP contribution in [0, 0.1) is 0 Å². The molecule has 0 spiro atoms. The number of fused-ring (bicyclic) bond motifs is 1. The summed E-state index contributed by atoms with van der Waals surface area (Å²) in [6, 6.07) is 8.86. The molecule has 1 amide bonds. The van der Waals surface area contributed by atoms with Gasteiger partial charge in [-0.25, -0.2) is 9.19 Å². The fourth-order valence-corrected chi connectivity index (χ4v) is 4.62. The molecule has 1 aromatic heterocycles. The van der Waals surface area contributed by atoms with E-state index in [0.717, 1.165) is 31.5 Å². The molecule has 0 saturated heterocycles. The number of amidine groups is 1. The average Bonchev–Trinajstić information content (AvgIpc) is 3.20. The number of nitrogens with one attached hydrogen (secondary N) is 2. The molecule has 1 aromatic carbocycles. The van der Waals surface area contributed by atoms with Crippen LogP contribution in [-0.2, 0) is 11.2 Å². The standard InChI is InChI=1S/C21H26N6O3S/c1-27(2)17-12-14(8-11-23-17)20(28)24-21(9-3-4-10-21)13-30-16-7-5-6-15-18(16)19(22)26-31(29)25-15/h5-8,11-12,25H,3-4,9-10,13H2,1-2H3,(H2,22,26)(H,24,28). The lowest BCUT2D eigenvalue weighted by Crippen LogP contribution is -2.50. The van der Waals surface area contributed by atoms with Gasteiger partial charge in [0.25, 0.3) is 5.91 Å². The fourth-order valence-electron chi connectivity index (χ4n) is 3.94. The van der Waals surface area contributed by atoms with Crippen LogP contribution in [0.4, 0.5) is 11.5 Å². The maximum absolute atomic E-state index is 13.0. The maximum atomic E-state index is 13.0. The lowest BCUT2D eigenvalue weighted by molar-refractivity contribution is 0.0855. The minimum Gasteiger partial charge on any atom is -0.490 e. The van der Waals surface area contributed by atoms with E-state index < -0.39 is 16.7 Å². The summed E-state index contributed by atoms with van der Waals surface area (Å²) in [5, 5.41) is 3.21. The van der Waals surface area contributed by atoms with Crippen molar-refractivity contribution in [3.8, 4) is 5.75 Å². The molecule has 0 radical (unpaired) electrons. The van der Waals surface area contributed by atoms with Gasteiger partial charge in [0, 0.05) is 25.9 Å². The predicted octanol–water partition coefficient (Wildman–Crippen LogP) is 1.98. The molecule has 1 saturated carbocycles. The van der Waals surface area contributed by atoms with Crippen LogP contribution in [0.25, 0.3) is 0 Å². The van der Waals surface area contributed by atoms with E-state index in [1.54, 1.807) is 36.5 Å². The van der Waals surface area contributed by atoms with E-state index >= 15 is 0 Å². The van der Waals surface area contributed by atoms with E-state index in [0.29, 0.717) is 29.2 Å². The van der Waals surface area contributed by atoms with Gasteiger partial charge in [-0.05, 0) is 37.1 Å². The molecule has 1 atom stereocenters. The lowest BCUT2D eigenvalue weighted by atomic mass is 9.98. The van der Waals surface area contributed by atoms with Crippen molar-refractivity contribution in [2.24, 2.45) is 10.1 Å². The van der Waals surface area contributed by atoms with Crippen LogP contribution in [0.15, 0.2) is 40.9 Å². The first-order chi connectivity index (χ1) is 14.9.